The van der Waals surface area contributed by atoms with Crippen molar-refractivity contribution < 1.29 is 4.79 Å². The molecular formula is C17H22N4O. The highest BCUT2D eigenvalue weighted by Gasteiger charge is 2.21. The number of rotatable bonds is 4. The van der Waals surface area contributed by atoms with Crippen LogP contribution in [0.3, 0.4) is 0 Å². The van der Waals surface area contributed by atoms with Crippen molar-refractivity contribution in [1.29, 1.82) is 0 Å². The zero-order chi connectivity index (χ0) is 16.1. The van der Waals surface area contributed by atoms with Crippen LogP contribution in [-0.2, 0) is 0 Å². The smallest absolute Gasteiger partial charge is 0.328 e. The van der Waals surface area contributed by atoms with E-state index in [0.29, 0.717) is 24.5 Å². The largest absolute Gasteiger partial charge is 0.399 e. The summed E-state index contributed by atoms with van der Waals surface area (Å²) in [5, 5.41) is 0. The first-order chi connectivity index (χ1) is 10.6. The second-order valence-corrected chi connectivity index (χ2v) is 4.95. The minimum absolute atomic E-state index is 0.0699. The van der Waals surface area contributed by atoms with Gasteiger partial charge in [0.25, 0.3) is 0 Å². The van der Waals surface area contributed by atoms with Crippen molar-refractivity contribution in [2.45, 2.75) is 13.8 Å². The first-order valence-electron chi connectivity index (χ1n) is 7.37. The van der Waals surface area contributed by atoms with Gasteiger partial charge in [0.1, 0.15) is 0 Å². The van der Waals surface area contributed by atoms with Crippen LogP contribution in [0.15, 0.2) is 48.5 Å². The molecule has 0 unspecified atom stereocenters. The lowest BCUT2D eigenvalue weighted by Gasteiger charge is -2.29. The van der Waals surface area contributed by atoms with Gasteiger partial charge in [-0.2, -0.15) is 0 Å². The summed E-state index contributed by atoms with van der Waals surface area (Å²) in [6.45, 7) is 5.05. The lowest BCUT2D eigenvalue weighted by atomic mass is 10.2. The fourth-order valence-corrected chi connectivity index (χ4v) is 2.31. The van der Waals surface area contributed by atoms with Crippen LogP contribution in [0.1, 0.15) is 13.8 Å². The molecule has 0 aliphatic carbocycles. The Morgan fingerprint density at radius 2 is 1.09 bits per heavy atom. The second kappa shape index (κ2) is 6.85. The molecule has 2 aromatic carbocycles. The van der Waals surface area contributed by atoms with Gasteiger partial charge in [-0.3, -0.25) is 9.80 Å². The summed E-state index contributed by atoms with van der Waals surface area (Å²) in [6, 6.07) is 14.5. The number of anilines is 4. The zero-order valence-electron chi connectivity index (χ0n) is 13.0. The number of carbonyl (C=O) groups is 1. The molecule has 0 aliphatic rings. The summed E-state index contributed by atoms with van der Waals surface area (Å²) in [5.74, 6) is 0. The van der Waals surface area contributed by atoms with E-state index in [0.717, 1.165) is 11.4 Å². The highest BCUT2D eigenvalue weighted by molar-refractivity contribution is 6.03. The van der Waals surface area contributed by atoms with Gasteiger partial charge in [-0.05, 0) is 62.4 Å². The maximum absolute atomic E-state index is 12.9. The topological polar surface area (TPSA) is 75.6 Å². The molecule has 0 bridgehead atoms. The van der Waals surface area contributed by atoms with Gasteiger partial charge in [-0.1, -0.05) is 0 Å². The Balaban J connectivity index is 2.29. The second-order valence-electron chi connectivity index (χ2n) is 4.95. The van der Waals surface area contributed by atoms with Crippen molar-refractivity contribution in [3.8, 4) is 0 Å². The Labute approximate surface area is 131 Å². The molecule has 5 nitrogen and oxygen atoms in total. The van der Waals surface area contributed by atoms with Gasteiger partial charge in [0.2, 0.25) is 0 Å². The molecule has 0 fully saturated rings. The van der Waals surface area contributed by atoms with Crippen LogP contribution in [0.5, 0.6) is 0 Å². The average Bonchev–Trinajstić information content (AvgIpc) is 2.52. The van der Waals surface area contributed by atoms with Crippen molar-refractivity contribution >= 4 is 28.8 Å². The molecule has 0 atom stereocenters. The van der Waals surface area contributed by atoms with E-state index in [2.05, 4.69) is 0 Å². The third kappa shape index (κ3) is 3.31. The van der Waals surface area contributed by atoms with E-state index in [4.69, 9.17) is 11.5 Å². The molecule has 22 heavy (non-hydrogen) atoms. The van der Waals surface area contributed by atoms with Crippen molar-refractivity contribution in [2.75, 3.05) is 34.4 Å². The summed E-state index contributed by atoms with van der Waals surface area (Å²) in [7, 11) is 0. The molecule has 0 spiro atoms. The Morgan fingerprint density at radius 1 is 0.773 bits per heavy atom. The third-order valence-electron chi connectivity index (χ3n) is 3.50. The van der Waals surface area contributed by atoms with E-state index >= 15 is 0 Å². The molecule has 2 aromatic rings. The van der Waals surface area contributed by atoms with E-state index in [1.54, 1.807) is 34.1 Å². The summed E-state index contributed by atoms with van der Waals surface area (Å²) >= 11 is 0. The number of amides is 2. The van der Waals surface area contributed by atoms with Gasteiger partial charge in [0.15, 0.2) is 0 Å². The fraction of sp³-hybridized carbons (Fsp3) is 0.235. The fourth-order valence-electron chi connectivity index (χ4n) is 2.31. The lowest BCUT2D eigenvalue weighted by molar-refractivity contribution is 0.252. The van der Waals surface area contributed by atoms with Gasteiger partial charge in [-0.25, -0.2) is 4.79 Å². The summed E-state index contributed by atoms with van der Waals surface area (Å²) in [5.41, 5.74) is 14.4. The number of carbonyl (C=O) groups excluding carboxylic acids is 1. The van der Waals surface area contributed by atoms with Crippen LogP contribution in [0, 0.1) is 0 Å². The SMILES string of the molecule is CCN(C(=O)N(CC)c1ccc(N)cc1)c1ccc(N)cc1. The maximum atomic E-state index is 12.9. The van der Waals surface area contributed by atoms with Crippen molar-refractivity contribution in [3.63, 3.8) is 0 Å². The number of hydrogen-bond donors (Lipinski definition) is 2. The summed E-state index contributed by atoms with van der Waals surface area (Å²) < 4.78 is 0. The highest BCUT2D eigenvalue weighted by atomic mass is 16.2. The number of nitrogens with zero attached hydrogens (tertiary/aromatic N) is 2. The van der Waals surface area contributed by atoms with Crippen LogP contribution >= 0.6 is 0 Å². The van der Waals surface area contributed by atoms with Crippen LogP contribution in [0.25, 0.3) is 0 Å². The quantitative estimate of drug-likeness (QED) is 0.850. The molecule has 5 heteroatoms. The van der Waals surface area contributed by atoms with Crippen molar-refractivity contribution in [1.82, 2.24) is 0 Å². The Morgan fingerprint density at radius 3 is 1.36 bits per heavy atom. The predicted octanol–water partition coefficient (Wildman–Crippen LogP) is 3.32. The maximum Gasteiger partial charge on any atom is 0.328 e. The van der Waals surface area contributed by atoms with Gasteiger partial charge in [-0.15, -0.1) is 0 Å². The Bertz CT molecular complexity index is 567. The number of nitrogens with two attached hydrogens (primary N) is 2. The average molecular weight is 298 g/mol. The number of benzene rings is 2. The van der Waals surface area contributed by atoms with Crippen LogP contribution < -0.4 is 21.3 Å². The standard InChI is InChI=1S/C17H22N4O/c1-3-20(15-9-5-13(18)6-10-15)17(22)21(4-2)16-11-7-14(19)8-12-16/h5-12H,3-4,18-19H2,1-2H3. The monoisotopic (exact) mass is 298 g/mol. The zero-order valence-corrected chi connectivity index (χ0v) is 13.0. The first kappa shape index (κ1) is 15.7. The molecule has 2 amide bonds. The van der Waals surface area contributed by atoms with E-state index in [1.807, 2.05) is 38.1 Å². The molecule has 0 radical (unpaired) electrons. The van der Waals surface area contributed by atoms with Crippen molar-refractivity contribution in [2.24, 2.45) is 0 Å². The third-order valence-corrected chi connectivity index (χ3v) is 3.50. The summed E-state index contributed by atoms with van der Waals surface area (Å²) in [4.78, 5) is 16.3. The minimum Gasteiger partial charge on any atom is -0.399 e. The molecule has 0 aliphatic heterocycles. The van der Waals surface area contributed by atoms with Crippen molar-refractivity contribution in [3.05, 3.63) is 48.5 Å². The van der Waals surface area contributed by atoms with Gasteiger partial charge < -0.3 is 11.5 Å². The molecule has 0 aromatic heterocycles. The predicted molar refractivity (Wildman–Crippen MR) is 93.1 cm³/mol. The first-order valence-corrected chi connectivity index (χ1v) is 7.37. The van der Waals surface area contributed by atoms with E-state index < -0.39 is 0 Å². The van der Waals surface area contributed by atoms with Crippen LogP contribution in [0.2, 0.25) is 0 Å². The lowest BCUT2D eigenvalue weighted by Crippen LogP contribution is -2.43. The minimum atomic E-state index is -0.0699. The van der Waals surface area contributed by atoms with E-state index in [-0.39, 0.29) is 6.03 Å². The number of nitrogen functional groups attached to an aromatic ring is 2. The highest BCUT2D eigenvalue weighted by Crippen LogP contribution is 2.22. The number of urea groups is 1. The molecule has 0 saturated heterocycles. The molecule has 116 valence electrons. The Hall–Kier alpha value is -2.69. The van der Waals surface area contributed by atoms with E-state index in [1.165, 1.54) is 0 Å². The molecule has 0 heterocycles. The molecular weight excluding hydrogens is 276 g/mol. The molecule has 4 N–H and O–H groups in total. The Kier molecular flexibility index (Phi) is 4.88. The van der Waals surface area contributed by atoms with Crippen LogP contribution in [0.4, 0.5) is 27.5 Å². The molecule has 0 saturated carbocycles. The normalized spacial score (nSPS) is 10.3. The van der Waals surface area contributed by atoms with Gasteiger partial charge in [0, 0.05) is 35.8 Å². The van der Waals surface area contributed by atoms with Crippen LogP contribution in [-0.4, -0.2) is 19.1 Å². The van der Waals surface area contributed by atoms with Gasteiger partial charge >= 0.3 is 6.03 Å². The number of hydrogen-bond acceptors (Lipinski definition) is 3. The summed E-state index contributed by atoms with van der Waals surface area (Å²) in [6.07, 6.45) is 0. The van der Waals surface area contributed by atoms with Gasteiger partial charge in [0.05, 0.1) is 0 Å². The molecule has 2 rings (SSSR count). The van der Waals surface area contributed by atoms with E-state index in [9.17, 15) is 4.79 Å².